The Morgan fingerprint density at radius 1 is 1.36 bits per heavy atom. The Morgan fingerprint density at radius 3 is 3.04 bits per heavy atom. The van der Waals surface area contributed by atoms with Gasteiger partial charge in [-0.2, -0.15) is 5.10 Å². The third-order valence-electron chi connectivity index (χ3n) is 5.13. The van der Waals surface area contributed by atoms with Gasteiger partial charge in [0.25, 0.3) is 5.56 Å². The monoisotopic (exact) mass is 340 g/mol. The number of aromatic amines is 1. The van der Waals surface area contributed by atoms with Gasteiger partial charge < -0.3 is 4.98 Å². The van der Waals surface area contributed by atoms with E-state index >= 15 is 0 Å². The molecule has 7 heteroatoms. The summed E-state index contributed by atoms with van der Waals surface area (Å²) in [7, 11) is 0. The number of imidazole rings is 1. The van der Waals surface area contributed by atoms with Crippen molar-refractivity contribution in [2.45, 2.75) is 52.2 Å². The van der Waals surface area contributed by atoms with Gasteiger partial charge in [-0.25, -0.2) is 4.98 Å². The van der Waals surface area contributed by atoms with E-state index in [0.29, 0.717) is 5.78 Å². The second-order valence-electron chi connectivity index (χ2n) is 6.76. The van der Waals surface area contributed by atoms with Crippen LogP contribution in [0.15, 0.2) is 29.5 Å². The highest BCUT2D eigenvalue weighted by Crippen LogP contribution is 2.31. The first-order valence-corrected chi connectivity index (χ1v) is 8.99. The average molecular weight is 340 g/mol. The Morgan fingerprint density at radius 2 is 2.24 bits per heavy atom. The molecule has 0 radical (unpaired) electrons. The summed E-state index contributed by atoms with van der Waals surface area (Å²) in [5.74, 6) is 0.614. The second kappa shape index (κ2) is 6.48. The number of aromatic nitrogens is 5. The molecule has 132 valence electrons. The first-order chi connectivity index (χ1) is 12.2. The van der Waals surface area contributed by atoms with E-state index in [9.17, 15) is 4.79 Å². The predicted molar refractivity (Wildman–Crippen MR) is 95.5 cm³/mol. The van der Waals surface area contributed by atoms with Gasteiger partial charge in [0.2, 0.25) is 5.78 Å². The molecule has 1 unspecified atom stereocenters. The topological polar surface area (TPSA) is 71.2 Å². The summed E-state index contributed by atoms with van der Waals surface area (Å²) < 4.78 is 3.54. The van der Waals surface area contributed by atoms with E-state index in [4.69, 9.17) is 0 Å². The zero-order valence-corrected chi connectivity index (χ0v) is 14.8. The lowest BCUT2D eigenvalue weighted by Gasteiger charge is -2.35. The minimum Gasteiger partial charge on any atom is -0.327 e. The lowest BCUT2D eigenvalue weighted by Crippen LogP contribution is -2.34. The molecule has 7 nitrogen and oxygen atoms in total. The molecule has 1 aliphatic rings. The number of hydrogen-bond donors (Lipinski definition) is 1. The van der Waals surface area contributed by atoms with Crippen LogP contribution >= 0.6 is 0 Å². The van der Waals surface area contributed by atoms with E-state index in [1.807, 2.05) is 4.68 Å². The number of nitrogens with one attached hydrogen (secondary N) is 1. The summed E-state index contributed by atoms with van der Waals surface area (Å²) in [4.78, 5) is 22.4. The molecule has 0 aromatic carbocycles. The van der Waals surface area contributed by atoms with Gasteiger partial charge in [-0.1, -0.05) is 6.42 Å². The Bertz CT molecular complexity index is 937. The summed E-state index contributed by atoms with van der Waals surface area (Å²) in [6.45, 7) is 6.94. The van der Waals surface area contributed by atoms with Gasteiger partial charge in [0.1, 0.15) is 0 Å². The van der Waals surface area contributed by atoms with E-state index in [0.717, 1.165) is 37.4 Å². The molecular formula is C18H24N6O. The Kier molecular flexibility index (Phi) is 4.17. The number of piperidine rings is 1. The van der Waals surface area contributed by atoms with Gasteiger partial charge in [-0.3, -0.25) is 18.8 Å². The molecule has 0 bridgehead atoms. The van der Waals surface area contributed by atoms with Crippen molar-refractivity contribution in [3.8, 4) is 0 Å². The molecule has 1 saturated heterocycles. The summed E-state index contributed by atoms with van der Waals surface area (Å²) >= 11 is 0. The third-order valence-corrected chi connectivity index (χ3v) is 5.13. The highest BCUT2D eigenvalue weighted by atomic mass is 16.1. The molecule has 3 aromatic heterocycles. The normalized spacial score (nSPS) is 18.9. The predicted octanol–water partition coefficient (Wildman–Crippen LogP) is 2.27. The van der Waals surface area contributed by atoms with Crippen LogP contribution in [0, 0.1) is 6.92 Å². The molecular weight excluding hydrogens is 316 g/mol. The van der Waals surface area contributed by atoms with Crippen LogP contribution in [0.2, 0.25) is 0 Å². The first-order valence-electron chi connectivity index (χ1n) is 8.99. The smallest absolute Gasteiger partial charge is 0.259 e. The van der Waals surface area contributed by atoms with Crippen LogP contribution in [0.3, 0.4) is 0 Å². The number of fused-ring (bicyclic) bond motifs is 1. The molecule has 4 heterocycles. The molecule has 1 atom stereocenters. The maximum absolute atomic E-state index is 12.3. The molecule has 0 saturated carbocycles. The van der Waals surface area contributed by atoms with Gasteiger partial charge in [0.05, 0.1) is 11.7 Å². The number of H-pyrrole nitrogens is 1. The number of nitrogens with zero attached hydrogens (tertiary/aromatic N) is 5. The standard InChI is InChI=1S/C18H24N6O/c1-3-23-12-14(13(2)21-23)11-22-8-5-4-6-16(22)15-10-17(25)24-9-7-19-18(24)20-15/h7,9-10,12,16H,3-6,8,11H2,1-2H3,(H,19,20). The Labute approximate surface area is 146 Å². The largest absolute Gasteiger partial charge is 0.327 e. The highest BCUT2D eigenvalue weighted by molar-refractivity contribution is 5.30. The molecule has 1 fully saturated rings. The van der Waals surface area contributed by atoms with Crippen molar-refractivity contribution in [2.24, 2.45) is 0 Å². The number of likely N-dealkylation sites (tertiary alicyclic amines) is 1. The molecule has 0 aliphatic carbocycles. The molecule has 0 amide bonds. The minimum absolute atomic E-state index is 0.0262. The quantitative estimate of drug-likeness (QED) is 0.791. The SMILES string of the molecule is CCn1cc(CN2CCCCC2c2cc(=O)n3ccnc3[nH]2)c(C)n1. The minimum atomic E-state index is -0.0262. The van der Waals surface area contributed by atoms with Crippen molar-refractivity contribution in [3.63, 3.8) is 0 Å². The maximum atomic E-state index is 12.3. The van der Waals surface area contributed by atoms with Crippen molar-refractivity contribution < 1.29 is 0 Å². The number of rotatable bonds is 4. The fourth-order valence-electron chi connectivity index (χ4n) is 3.75. The lowest BCUT2D eigenvalue weighted by molar-refractivity contribution is 0.137. The zero-order chi connectivity index (χ0) is 17.4. The van der Waals surface area contributed by atoms with Crippen LogP contribution in [0.5, 0.6) is 0 Å². The van der Waals surface area contributed by atoms with Crippen LogP contribution in [0.1, 0.15) is 49.2 Å². The average Bonchev–Trinajstić information content (AvgIpc) is 3.22. The zero-order valence-electron chi connectivity index (χ0n) is 14.8. The van der Waals surface area contributed by atoms with Gasteiger partial charge >= 0.3 is 0 Å². The van der Waals surface area contributed by atoms with Crippen molar-refractivity contribution in [2.75, 3.05) is 6.54 Å². The number of hydrogen-bond acceptors (Lipinski definition) is 4. The van der Waals surface area contributed by atoms with E-state index < -0.39 is 0 Å². The van der Waals surface area contributed by atoms with Gasteiger partial charge in [0.15, 0.2) is 0 Å². The second-order valence-corrected chi connectivity index (χ2v) is 6.76. The van der Waals surface area contributed by atoms with E-state index in [-0.39, 0.29) is 11.6 Å². The molecule has 1 N–H and O–H groups in total. The van der Waals surface area contributed by atoms with Crippen molar-refractivity contribution in [3.05, 3.63) is 52.0 Å². The number of aryl methyl sites for hydroxylation is 2. The summed E-state index contributed by atoms with van der Waals surface area (Å²) in [6.07, 6.45) is 8.90. The Balaban J connectivity index is 1.65. The summed E-state index contributed by atoms with van der Waals surface area (Å²) in [5, 5.41) is 4.56. The third kappa shape index (κ3) is 3.00. The van der Waals surface area contributed by atoms with Crippen molar-refractivity contribution >= 4 is 5.78 Å². The maximum Gasteiger partial charge on any atom is 0.259 e. The van der Waals surface area contributed by atoms with Crippen molar-refractivity contribution in [1.82, 2.24) is 29.0 Å². The summed E-state index contributed by atoms with van der Waals surface area (Å²) in [5.41, 5.74) is 3.28. The Hall–Kier alpha value is -2.41. The molecule has 25 heavy (non-hydrogen) atoms. The lowest BCUT2D eigenvalue weighted by atomic mass is 9.98. The fraction of sp³-hybridized carbons (Fsp3) is 0.500. The van der Waals surface area contributed by atoms with Crippen LogP contribution in [-0.4, -0.2) is 35.6 Å². The van der Waals surface area contributed by atoms with E-state index in [1.165, 1.54) is 18.4 Å². The van der Waals surface area contributed by atoms with Gasteiger partial charge in [0, 0.05) is 49.0 Å². The van der Waals surface area contributed by atoms with Crippen LogP contribution in [0.25, 0.3) is 5.78 Å². The van der Waals surface area contributed by atoms with Gasteiger partial charge in [-0.05, 0) is 33.2 Å². The van der Waals surface area contributed by atoms with E-state index in [1.54, 1.807) is 22.9 Å². The van der Waals surface area contributed by atoms with Crippen LogP contribution < -0.4 is 5.56 Å². The van der Waals surface area contributed by atoms with Crippen LogP contribution in [0.4, 0.5) is 0 Å². The van der Waals surface area contributed by atoms with Gasteiger partial charge in [-0.15, -0.1) is 0 Å². The van der Waals surface area contributed by atoms with Crippen LogP contribution in [-0.2, 0) is 13.1 Å². The summed E-state index contributed by atoms with van der Waals surface area (Å²) in [6, 6.07) is 1.94. The molecule has 1 aliphatic heterocycles. The fourth-order valence-corrected chi connectivity index (χ4v) is 3.75. The first kappa shape index (κ1) is 16.1. The molecule has 4 rings (SSSR count). The molecule has 3 aromatic rings. The molecule has 0 spiro atoms. The highest BCUT2D eigenvalue weighted by Gasteiger charge is 2.26. The van der Waals surface area contributed by atoms with Crippen molar-refractivity contribution in [1.29, 1.82) is 0 Å². The van der Waals surface area contributed by atoms with E-state index in [2.05, 4.69) is 40.0 Å².